The van der Waals surface area contributed by atoms with Crippen molar-refractivity contribution in [2.45, 2.75) is 58.5 Å². The molecule has 0 radical (unpaired) electrons. The van der Waals surface area contributed by atoms with Crippen LogP contribution in [0.5, 0.6) is 5.75 Å². The molecule has 0 aliphatic rings. The van der Waals surface area contributed by atoms with E-state index in [0.717, 1.165) is 6.42 Å². The van der Waals surface area contributed by atoms with E-state index >= 15 is 0 Å². The summed E-state index contributed by atoms with van der Waals surface area (Å²) in [6.07, 6.45) is 5.81. The van der Waals surface area contributed by atoms with Gasteiger partial charge in [0, 0.05) is 0 Å². The lowest BCUT2D eigenvalue weighted by atomic mass is 10.1. The van der Waals surface area contributed by atoms with Crippen LogP contribution >= 0.6 is 0 Å². The molecule has 1 N–H and O–H groups in total. The van der Waals surface area contributed by atoms with Crippen LogP contribution in [0.25, 0.3) is 0 Å². The van der Waals surface area contributed by atoms with Gasteiger partial charge < -0.3 is 9.84 Å². The van der Waals surface area contributed by atoms with Crippen molar-refractivity contribution in [3.05, 3.63) is 29.8 Å². The van der Waals surface area contributed by atoms with Crippen LogP contribution in [0.4, 0.5) is 0 Å². The van der Waals surface area contributed by atoms with E-state index in [9.17, 15) is 4.79 Å². The number of aliphatic carboxylic acids is 1. The first-order valence-corrected chi connectivity index (χ1v) is 7.15. The smallest absolute Gasteiger partial charge is 0.344 e. The van der Waals surface area contributed by atoms with Crippen molar-refractivity contribution in [2.24, 2.45) is 0 Å². The van der Waals surface area contributed by atoms with Gasteiger partial charge in [0.1, 0.15) is 5.75 Å². The van der Waals surface area contributed by atoms with Crippen molar-refractivity contribution in [3.63, 3.8) is 0 Å². The van der Waals surface area contributed by atoms with Crippen molar-refractivity contribution >= 4 is 5.97 Å². The minimum atomic E-state index is -0.911. The van der Waals surface area contributed by atoms with Crippen molar-refractivity contribution in [3.8, 4) is 5.75 Å². The average molecular weight is 264 g/mol. The summed E-state index contributed by atoms with van der Waals surface area (Å²) in [6, 6.07) is 7.77. The van der Waals surface area contributed by atoms with Crippen molar-refractivity contribution in [1.29, 1.82) is 0 Å². The molecule has 0 fully saturated rings. The molecule has 0 aromatic heterocycles. The Balaban J connectivity index is 2.44. The Bertz CT molecular complexity index is 370. The molecule has 106 valence electrons. The lowest BCUT2D eigenvalue weighted by Crippen LogP contribution is -2.25. The van der Waals surface area contributed by atoms with E-state index in [4.69, 9.17) is 9.84 Å². The molecule has 3 heteroatoms. The molecule has 0 aliphatic carbocycles. The van der Waals surface area contributed by atoms with Gasteiger partial charge in [-0.3, -0.25) is 0 Å². The van der Waals surface area contributed by atoms with E-state index in [1.807, 2.05) is 24.3 Å². The Morgan fingerprint density at radius 3 is 2.37 bits per heavy atom. The van der Waals surface area contributed by atoms with Gasteiger partial charge >= 0.3 is 5.97 Å². The lowest BCUT2D eigenvalue weighted by molar-refractivity contribution is -0.145. The van der Waals surface area contributed by atoms with Gasteiger partial charge in [0.2, 0.25) is 0 Å². The summed E-state index contributed by atoms with van der Waals surface area (Å²) in [7, 11) is 0. The molecule has 1 aromatic rings. The predicted molar refractivity (Wildman–Crippen MR) is 76.6 cm³/mol. The van der Waals surface area contributed by atoms with E-state index in [0.29, 0.717) is 12.2 Å². The average Bonchev–Trinajstić information content (AvgIpc) is 2.42. The van der Waals surface area contributed by atoms with Gasteiger partial charge in [-0.2, -0.15) is 0 Å². The maximum Gasteiger partial charge on any atom is 0.344 e. The summed E-state index contributed by atoms with van der Waals surface area (Å²) in [5.41, 5.74) is 1.28. The van der Waals surface area contributed by atoms with Crippen LogP contribution in [0.1, 0.15) is 51.5 Å². The molecule has 0 heterocycles. The van der Waals surface area contributed by atoms with E-state index in [1.54, 1.807) is 6.92 Å². The third-order valence-corrected chi connectivity index (χ3v) is 3.17. The molecule has 0 spiro atoms. The number of ether oxygens (including phenoxy) is 1. The van der Waals surface area contributed by atoms with Gasteiger partial charge in [-0.15, -0.1) is 0 Å². The molecule has 0 aliphatic heterocycles. The van der Waals surface area contributed by atoms with Crippen LogP contribution in [0.15, 0.2) is 24.3 Å². The highest BCUT2D eigenvalue weighted by atomic mass is 16.5. The first kappa shape index (κ1) is 15.5. The van der Waals surface area contributed by atoms with Gasteiger partial charge in [-0.1, -0.05) is 45.2 Å². The van der Waals surface area contributed by atoms with Crippen LogP contribution in [-0.2, 0) is 11.2 Å². The molecule has 0 bridgehead atoms. The SMILES string of the molecule is CCCCCCc1ccc(OC(CC)C(=O)O)cc1. The van der Waals surface area contributed by atoms with Gasteiger partial charge in [0.25, 0.3) is 0 Å². The van der Waals surface area contributed by atoms with Gasteiger partial charge in [-0.25, -0.2) is 4.79 Å². The standard InChI is InChI=1S/C16H24O3/c1-3-5-6-7-8-13-9-11-14(12-10-13)19-15(4-2)16(17)18/h9-12,15H,3-8H2,1-2H3,(H,17,18). The Labute approximate surface area is 115 Å². The summed E-state index contributed by atoms with van der Waals surface area (Å²) >= 11 is 0. The topological polar surface area (TPSA) is 46.5 Å². The first-order valence-electron chi connectivity index (χ1n) is 7.15. The molecule has 0 amide bonds. The molecule has 0 saturated heterocycles. The van der Waals surface area contributed by atoms with E-state index in [-0.39, 0.29) is 0 Å². The number of rotatable bonds is 9. The number of carboxylic acid groups (broad SMARTS) is 1. The molecule has 1 rings (SSSR count). The van der Waals surface area contributed by atoms with Crippen LogP contribution < -0.4 is 4.74 Å². The Morgan fingerprint density at radius 1 is 1.16 bits per heavy atom. The van der Waals surface area contributed by atoms with Gasteiger partial charge in [0.05, 0.1) is 0 Å². The fourth-order valence-electron chi connectivity index (χ4n) is 1.96. The van der Waals surface area contributed by atoms with Crippen LogP contribution in [-0.4, -0.2) is 17.2 Å². The van der Waals surface area contributed by atoms with Crippen LogP contribution in [0.3, 0.4) is 0 Å². The number of carbonyl (C=O) groups is 1. The minimum absolute atomic E-state index is 0.466. The third-order valence-electron chi connectivity index (χ3n) is 3.17. The lowest BCUT2D eigenvalue weighted by Gasteiger charge is -2.13. The number of aryl methyl sites for hydroxylation is 1. The van der Waals surface area contributed by atoms with Crippen molar-refractivity contribution < 1.29 is 14.6 Å². The van der Waals surface area contributed by atoms with Gasteiger partial charge in [0.15, 0.2) is 6.10 Å². The third kappa shape index (κ3) is 5.77. The molecule has 0 saturated carbocycles. The number of carboxylic acids is 1. The zero-order chi connectivity index (χ0) is 14.1. The number of benzene rings is 1. The monoisotopic (exact) mass is 264 g/mol. The Hall–Kier alpha value is -1.51. The van der Waals surface area contributed by atoms with E-state index < -0.39 is 12.1 Å². The molecule has 1 unspecified atom stereocenters. The molecular weight excluding hydrogens is 240 g/mol. The number of hydrogen-bond donors (Lipinski definition) is 1. The summed E-state index contributed by atoms with van der Waals surface area (Å²) < 4.78 is 5.42. The first-order chi connectivity index (χ1) is 9.17. The summed E-state index contributed by atoms with van der Waals surface area (Å²) in [4.78, 5) is 10.9. The summed E-state index contributed by atoms with van der Waals surface area (Å²) in [6.45, 7) is 4.01. The zero-order valence-corrected chi connectivity index (χ0v) is 11.9. The molecular formula is C16H24O3. The second kappa shape index (κ2) is 8.57. The number of unbranched alkanes of at least 4 members (excludes halogenated alkanes) is 3. The van der Waals surface area contributed by atoms with Crippen molar-refractivity contribution in [1.82, 2.24) is 0 Å². The fraction of sp³-hybridized carbons (Fsp3) is 0.562. The summed E-state index contributed by atoms with van der Waals surface area (Å²) in [5.74, 6) is -0.280. The quantitative estimate of drug-likeness (QED) is 0.684. The van der Waals surface area contributed by atoms with E-state index in [1.165, 1.54) is 31.2 Å². The maximum absolute atomic E-state index is 10.9. The Kier molecular flexibility index (Phi) is 7.01. The maximum atomic E-state index is 10.9. The second-order valence-electron chi connectivity index (χ2n) is 4.81. The van der Waals surface area contributed by atoms with E-state index in [2.05, 4.69) is 6.92 Å². The fourth-order valence-corrected chi connectivity index (χ4v) is 1.96. The highest BCUT2D eigenvalue weighted by Crippen LogP contribution is 2.16. The molecule has 1 aromatic carbocycles. The zero-order valence-electron chi connectivity index (χ0n) is 11.9. The van der Waals surface area contributed by atoms with Crippen molar-refractivity contribution in [2.75, 3.05) is 0 Å². The van der Waals surface area contributed by atoms with Crippen LogP contribution in [0, 0.1) is 0 Å². The van der Waals surface area contributed by atoms with Gasteiger partial charge in [-0.05, 0) is 37.0 Å². The summed E-state index contributed by atoms with van der Waals surface area (Å²) in [5, 5.41) is 8.93. The molecule has 19 heavy (non-hydrogen) atoms. The highest BCUT2D eigenvalue weighted by Gasteiger charge is 2.16. The highest BCUT2D eigenvalue weighted by molar-refractivity contribution is 5.72. The number of hydrogen-bond acceptors (Lipinski definition) is 2. The predicted octanol–water partition coefficient (Wildman–Crippen LogP) is 4.05. The largest absolute Gasteiger partial charge is 0.479 e. The normalized spacial score (nSPS) is 12.1. The van der Waals surface area contributed by atoms with Crippen LogP contribution in [0.2, 0.25) is 0 Å². The minimum Gasteiger partial charge on any atom is -0.479 e. The molecule has 1 atom stereocenters. The molecule has 3 nitrogen and oxygen atoms in total. The Morgan fingerprint density at radius 2 is 1.84 bits per heavy atom. The second-order valence-corrected chi connectivity index (χ2v) is 4.81.